The molecule has 1 atom stereocenters. The zero-order valence-electron chi connectivity index (χ0n) is 12.3. The molecule has 0 saturated carbocycles. The lowest BCUT2D eigenvalue weighted by molar-refractivity contribution is -0.140. The molecular weight excluding hydrogens is 286 g/mol. The lowest BCUT2D eigenvalue weighted by atomic mass is 10.1. The van der Waals surface area contributed by atoms with Gasteiger partial charge in [0.05, 0.1) is 12.3 Å². The zero-order chi connectivity index (χ0) is 16.1. The van der Waals surface area contributed by atoms with Gasteiger partial charge in [-0.05, 0) is 37.3 Å². The summed E-state index contributed by atoms with van der Waals surface area (Å²) in [5.74, 6) is -1.60. The van der Waals surface area contributed by atoms with Gasteiger partial charge < -0.3 is 15.2 Å². The topological polar surface area (TPSA) is 93.5 Å². The van der Waals surface area contributed by atoms with Crippen molar-refractivity contribution in [2.45, 2.75) is 13.0 Å². The Morgan fingerprint density at radius 1 is 1.32 bits per heavy atom. The molecule has 0 aliphatic heterocycles. The molecule has 22 heavy (non-hydrogen) atoms. The number of methoxy groups -OCH3 is 1. The molecule has 0 bridgehead atoms. The van der Waals surface area contributed by atoms with Crippen LogP contribution >= 0.6 is 0 Å². The fourth-order valence-corrected chi connectivity index (χ4v) is 1.98. The number of aryl methyl sites for hydroxylation is 1. The van der Waals surface area contributed by atoms with Gasteiger partial charge in [-0.25, -0.2) is 9.48 Å². The number of carbonyl (C=O) groups is 2. The lowest BCUT2D eigenvalue weighted by Gasteiger charge is -2.13. The molecule has 7 heteroatoms. The van der Waals surface area contributed by atoms with Crippen LogP contribution in [0.1, 0.15) is 16.1 Å². The Labute approximate surface area is 127 Å². The van der Waals surface area contributed by atoms with Crippen LogP contribution in [-0.4, -0.2) is 46.5 Å². The largest absolute Gasteiger partial charge is 0.480 e. The van der Waals surface area contributed by atoms with Crippen molar-refractivity contribution in [3.05, 3.63) is 47.8 Å². The van der Waals surface area contributed by atoms with E-state index in [1.54, 1.807) is 35.1 Å². The fourth-order valence-electron chi connectivity index (χ4n) is 1.98. The molecule has 1 aromatic carbocycles. The standard InChI is InChI=1S/C15H17N3O4/c1-10-7-8-16-18(10)12-5-3-11(4-6-12)14(19)17-13(9-22-2)15(20)21/h3-8,13H,9H2,1-2H3,(H,17,19)(H,20,21). The smallest absolute Gasteiger partial charge is 0.328 e. The third-order valence-corrected chi connectivity index (χ3v) is 3.14. The molecule has 2 N–H and O–H groups in total. The Bertz CT molecular complexity index is 664. The van der Waals surface area contributed by atoms with Crippen molar-refractivity contribution in [3.63, 3.8) is 0 Å². The normalized spacial score (nSPS) is 11.9. The molecule has 0 spiro atoms. The van der Waals surface area contributed by atoms with E-state index in [1.165, 1.54) is 7.11 Å². The van der Waals surface area contributed by atoms with Gasteiger partial charge in [-0.2, -0.15) is 5.10 Å². The third kappa shape index (κ3) is 3.50. The van der Waals surface area contributed by atoms with Crippen molar-refractivity contribution < 1.29 is 19.4 Å². The first-order valence-electron chi connectivity index (χ1n) is 6.66. The van der Waals surface area contributed by atoms with Gasteiger partial charge in [0.1, 0.15) is 0 Å². The van der Waals surface area contributed by atoms with Crippen LogP contribution in [0, 0.1) is 6.92 Å². The van der Waals surface area contributed by atoms with E-state index in [1.807, 2.05) is 13.0 Å². The highest BCUT2D eigenvalue weighted by Crippen LogP contribution is 2.11. The van der Waals surface area contributed by atoms with Gasteiger partial charge in [0.15, 0.2) is 6.04 Å². The van der Waals surface area contributed by atoms with Crippen LogP contribution in [0.4, 0.5) is 0 Å². The van der Waals surface area contributed by atoms with Crippen molar-refractivity contribution in [2.24, 2.45) is 0 Å². The molecule has 0 fully saturated rings. The summed E-state index contributed by atoms with van der Waals surface area (Å²) in [6.45, 7) is 1.83. The summed E-state index contributed by atoms with van der Waals surface area (Å²) in [7, 11) is 1.38. The maximum Gasteiger partial charge on any atom is 0.328 e. The van der Waals surface area contributed by atoms with E-state index in [0.717, 1.165) is 11.4 Å². The first-order chi connectivity index (χ1) is 10.5. The number of rotatable bonds is 6. The number of carbonyl (C=O) groups excluding carboxylic acids is 1. The molecule has 1 heterocycles. The van der Waals surface area contributed by atoms with Crippen molar-refractivity contribution in [1.29, 1.82) is 0 Å². The lowest BCUT2D eigenvalue weighted by Crippen LogP contribution is -2.43. The Morgan fingerprint density at radius 2 is 2.00 bits per heavy atom. The molecule has 0 saturated heterocycles. The average molecular weight is 303 g/mol. The van der Waals surface area contributed by atoms with Crippen LogP contribution in [0.3, 0.4) is 0 Å². The summed E-state index contributed by atoms with van der Waals surface area (Å²) < 4.78 is 6.52. The van der Waals surface area contributed by atoms with Crippen molar-refractivity contribution in [1.82, 2.24) is 15.1 Å². The van der Waals surface area contributed by atoms with Gasteiger partial charge in [0, 0.05) is 24.6 Å². The second-order valence-electron chi connectivity index (χ2n) is 4.75. The van der Waals surface area contributed by atoms with Crippen LogP contribution in [0.25, 0.3) is 5.69 Å². The minimum Gasteiger partial charge on any atom is -0.480 e. The van der Waals surface area contributed by atoms with Crippen LogP contribution in [0.2, 0.25) is 0 Å². The predicted octanol–water partition coefficient (Wildman–Crippen LogP) is 1.01. The second kappa shape index (κ2) is 6.86. The quantitative estimate of drug-likeness (QED) is 0.830. The summed E-state index contributed by atoms with van der Waals surface area (Å²) >= 11 is 0. The number of aliphatic carboxylic acids is 1. The average Bonchev–Trinajstić information content (AvgIpc) is 2.93. The van der Waals surface area contributed by atoms with Crippen LogP contribution < -0.4 is 5.32 Å². The van der Waals surface area contributed by atoms with Crippen molar-refractivity contribution in [2.75, 3.05) is 13.7 Å². The monoisotopic (exact) mass is 303 g/mol. The molecule has 2 rings (SSSR count). The van der Waals surface area contributed by atoms with Crippen molar-refractivity contribution >= 4 is 11.9 Å². The summed E-state index contributed by atoms with van der Waals surface area (Å²) in [5, 5.41) is 15.6. The van der Waals surface area contributed by atoms with Crippen LogP contribution in [-0.2, 0) is 9.53 Å². The van der Waals surface area contributed by atoms with E-state index in [2.05, 4.69) is 10.4 Å². The van der Waals surface area contributed by atoms with Crippen LogP contribution in [0.5, 0.6) is 0 Å². The predicted molar refractivity (Wildman–Crippen MR) is 79.1 cm³/mol. The third-order valence-electron chi connectivity index (χ3n) is 3.14. The summed E-state index contributed by atoms with van der Waals surface area (Å²) in [4.78, 5) is 23.0. The molecule has 7 nitrogen and oxygen atoms in total. The molecule has 116 valence electrons. The Balaban J connectivity index is 2.11. The van der Waals surface area contributed by atoms with Gasteiger partial charge in [0.2, 0.25) is 0 Å². The minimum absolute atomic E-state index is 0.0916. The summed E-state index contributed by atoms with van der Waals surface area (Å²) in [5.41, 5.74) is 2.17. The Hall–Kier alpha value is -2.67. The Morgan fingerprint density at radius 3 is 2.50 bits per heavy atom. The highest BCUT2D eigenvalue weighted by Gasteiger charge is 2.20. The molecular formula is C15H17N3O4. The highest BCUT2D eigenvalue weighted by atomic mass is 16.5. The molecule has 1 amide bonds. The first-order valence-corrected chi connectivity index (χ1v) is 6.66. The number of carboxylic acid groups (broad SMARTS) is 1. The van der Waals surface area contributed by atoms with Gasteiger partial charge >= 0.3 is 5.97 Å². The van der Waals surface area contributed by atoms with E-state index >= 15 is 0 Å². The van der Waals surface area contributed by atoms with Gasteiger partial charge in [-0.3, -0.25) is 4.79 Å². The maximum absolute atomic E-state index is 12.0. The van der Waals surface area contributed by atoms with E-state index in [-0.39, 0.29) is 6.61 Å². The maximum atomic E-state index is 12.0. The summed E-state index contributed by atoms with van der Waals surface area (Å²) in [6, 6.07) is 7.55. The van der Waals surface area contributed by atoms with Crippen LogP contribution in [0.15, 0.2) is 36.5 Å². The zero-order valence-corrected chi connectivity index (χ0v) is 12.3. The molecule has 2 aromatic rings. The number of nitrogens with one attached hydrogen (secondary N) is 1. The number of nitrogens with zero attached hydrogens (tertiary/aromatic N) is 2. The van der Waals surface area contributed by atoms with E-state index < -0.39 is 17.9 Å². The SMILES string of the molecule is COCC(NC(=O)c1ccc(-n2nccc2C)cc1)C(=O)O. The fraction of sp³-hybridized carbons (Fsp3) is 0.267. The second-order valence-corrected chi connectivity index (χ2v) is 4.75. The first kappa shape index (κ1) is 15.7. The number of amides is 1. The van der Waals surface area contributed by atoms with Gasteiger partial charge in [0.25, 0.3) is 5.91 Å². The molecule has 0 radical (unpaired) electrons. The van der Waals surface area contributed by atoms with Gasteiger partial charge in [-0.15, -0.1) is 0 Å². The summed E-state index contributed by atoms with van der Waals surface area (Å²) in [6.07, 6.45) is 1.69. The number of carboxylic acids is 1. The number of hydrogen-bond donors (Lipinski definition) is 2. The Kier molecular flexibility index (Phi) is 4.90. The van der Waals surface area contributed by atoms with E-state index in [9.17, 15) is 9.59 Å². The van der Waals surface area contributed by atoms with Crippen molar-refractivity contribution in [3.8, 4) is 5.69 Å². The molecule has 0 aliphatic rings. The van der Waals surface area contributed by atoms with E-state index in [0.29, 0.717) is 5.56 Å². The highest BCUT2D eigenvalue weighted by molar-refractivity contribution is 5.96. The van der Waals surface area contributed by atoms with E-state index in [4.69, 9.17) is 9.84 Å². The number of ether oxygens (including phenoxy) is 1. The number of hydrogen-bond acceptors (Lipinski definition) is 4. The molecule has 1 unspecified atom stereocenters. The number of aromatic nitrogens is 2. The number of benzene rings is 1. The molecule has 0 aliphatic carbocycles. The minimum atomic E-state index is -1.14. The molecule has 1 aromatic heterocycles. The van der Waals surface area contributed by atoms with Gasteiger partial charge in [-0.1, -0.05) is 0 Å².